The molecule has 0 aliphatic heterocycles. The molecule has 90 valence electrons. The Hall–Kier alpha value is -1.29. The fourth-order valence-corrected chi connectivity index (χ4v) is 1.64. The van der Waals surface area contributed by atoms with E-state index in [2.05, 4.69) is 5.32 Å². The Bertz CT molecular complexity index is 357. The first-order valence-electron chi connectivity index (χ1n) is 5.50. The molecule has 1 rings (SSSR count). The van der Waals surface area contributed by atoms with Gasteiger partial charge in [-0.1, -0.05) is 0 Å². The van der Waals surface area contributed by atoms with Crippen molar-refractivity contribution in [3.63, 3.8) is 0 Å². The average molecular weight is 225 g/mol. The molecule has 16 heavy (non-hydrogen) atoms. The Morgan fingerprint density at radius 1 is 1.56 bits per heavy atom. The summed E-state index contributed by atoms with van der Waals surface area (Å²) in [6, 6.07) is 2.07. The van der Waals surface area contributed by atoms with E-state index in [1.807, 2.05) is 26.8 Å². The Morgan fingerprint density at radius 3 is 2.75 bits per heavy atom. The largest absolute Gasteiger partial charge is 0.466 e. The molecular formula is C12H19NO3. The van der Waals surface area contributed by atoms with Crippen molar-refractivity contribution in [2.45, 2.75) is 33.7 Å². The van der Waals surface area contributed by atoms with Crippen LogP contribution in [0.4, 0.5) is 0 Å². The fraction of sp³-hybridized carbons (Fsp3) is 0.583. The molecule has 0 amide bonds. The van der Waals surface area contributed by atoms with Crippen LogP contribution in [-0.2, 0) is 9.53 Å². The second-order valence-electron chi connectivity index (χ2n) is 3.78. The molecular weight excluding hydrogens is 206 g/mol. The van der Waals surface area contributed by atoms with Gasteiger partial charge in [0.15, 0.2) is 0 Å². The lowest BCUT2D eigenvalue weighted by Crippen LogP contribution is -2.27. The third-order valence-corrected chi connectivity index (χ3v) is 2.40. The van der Waals surface area contributed by atoms with Crippen LogP contribution in [0.5, 0.6) is 0 Å². The summed E-state index contributed by atoms with van der Waals surface area (Å²) < 4.78 is 10.3. The molecule has 0 fully saturated rings. The second kappa shape index (κ2) is 5.70. The first-order valence-corrected chi connectivity index (χ1v) is 5.50. The Labute approximate surface area is 96.0 Å². The van der Waals surface area contributed by atoms with Crippen LogP contribution in [0.3, 0.4) is 0 Å². The van der Waals surface area contributed by atoms with Gasteiger partial charge in [-0.15, -0.1) is 0 Å². The van der Waals surface area contributed by atoms with E-state index in [0.29, 0.717) is 6.61 Å². The third kappa shape index (κ3) is 3.38. The molecule has 1 heterocycles. The number of carbonyl (C=O) groups excluding carboxylic acids is 1. The lowest BCUT2D eigenvalue weighted by atomic mass is 10.1. The van der Waals surface area contributed by atoms with E-state index in [1.54, 1.807) is 6.92 Å². The number of ether oxygens (including phenoxy) is 1. The van der Waals surface area contributed by atoms with E-state index in [9.17, 15) is 4.79 Å². The summed E-state index contributed by atoms with van der Waals surface area (Å²) >= 11 is 0. The van der Waals surface area contributed by atoms with Crippen molar-refractivity contribution >= 4 is 5.97 Å². The van der Waals surface area contributed by atoms with Crippen molar-refractivity contribution < 1.29 is 13.9 Å². The molecule has 0 aliphatic carbocycles. The molecule has 1 N–H and O–H groups in total. The molecule has 0 aliphatic rings. The number of rotatable bonds is 5. The Kier molecular flexibility index (Phi) is 4.55. The average Bonchev–Trinajstić information content (AvgIpc) is 2.55. The van der Waals surface area contributed by atoms with Gasteiger partial charge in [-0.3, -0.25) is 4.79 Å². The monoisotopic (exact) mass is 225 g/mol. The maximum absolute atomic E-state index is 11.2. The highest BCUT2D eigenvalue weighted by Crippen LogP contribution is 2.20. The van der Waals surface area contributed by atoms with Gasteiger partial charge in [-0.05, 0) is 33.8 Å². The fourth-order valence-electron chi connectivity index (χ4n) is 1.64. The molecule has 1 aromatic rings. The van der Waals surface area contributed by atoms with Gasteiger partial charge in [0.05, 0.1) is 13.2 Å². The summed E-state index contributed by atoms with van der Waals surface area (Å²) in [5, 5.41) is 3.10. The van der Waals surface area contributed by atoms with Crippen LogP contribution in [0.1, 0.15) is 37.0 Å². The Balaban J connectivity index is 2.49. The van der Waals surface area contributed by atoms with Gasteiger partial charge in [0, 0.05) is 11.6 Å². The summed E-state index contributed by atoms with van der Waals surface area (Å²) in [5.41, 5.74) is 1.08. The zero-order chi connectivity index (χ0) is 12.1. The normalized spacial score (nSPS) is 12.5. The molecule has 0 spiro atoms. The van der Waals surface area contributed by atoms with E-state index in [-0.39, 0.29) is 18.6 Å². The number of nitrogens with one attached hydrogen (secondary N) is 1. The minimum atomic E-state index is -0.229. The molecule has 0 saturated carbocycles. The highest BCUT2D eigenvalue weighted by Gasteiger charge is 2.13. The second-order valence-corrected chi connectivity index (χ2v) is 3.78. The number of esters is 1. The molecule has 4 heteroatoms. The molecule has 1 unspecified atom stereocenters. The maximum atomic E-state index is 11.2. The highest BCUT2D eigenvalue weighted by atomic mass is 16.5. The quantitative estimate of drug-likeness (QED) is 0.780. The predicted octanol–water partition coefficient (Wildman–Crippen LogP) is 2.11. The Morgan fingerprint density at radius 2 is 2.25 bits per heavy atom. The molecule has 0 saturated heterocycles. The summed E-state index contributed by atoms with van der Waals surface area (Å²) in [5.74, 6) is 1.55. The van der Waals surface area contributed by atoms with Gasteiger partial charge >= 0.3 is 5.97 Å². The zero-order valence-corrected chi connectivity index (χ0v) is 10.3. The first kappa shape index (κ1) is 12.8. The summed E-state index contributed by atoms with van der Waals surface area (Å²) in [4.78, 5) is 11.2. The topological polar surface area (TPSA) is 51.5 Å². The van der Waals surface area contributed by atoms with Crippen LogP contribution in [0.15, 0.2) is 10.5 Å². The van der Waals surface area contributed by atoms with Crippen molar-refractivity contribution in [2.75, 3.05) is 13.2 Å². The standard InChI is InChI=1S/C12H19NO3/c1-5-15-12(14)7-13-9(3)11-6-8(2)16-10(11)4/h6,9,13H,5,7H2,1-4H3. The van der Waals surface area contributed by atoms with E-state index < -0.39 is 0 Å². The molecule has 1 aromatic heterocycles. The SMILES string of the molecule is CCOC(=O)CNC(C)c1cc(C)oc1C. The van der Waals surface area contributed by atoms with Gasteiger partial charge < -0.3 is 14.5 Å². The minimum absolute atomic E-state index is 0.0851. The van der Waals surface area contributed by atoms with E-state index in [4.69, 9.17) is 9.15 Å². The minimum Gasteiger partial charge on any atom is -0.466 e. The summed E-state index contributed by atoms with van der Waals surface area (Å²) in [7, 11) is 0. The van der Waals surface area contributed by atoms with Crippen LogP contribution >= 0.6 is 0 Å². The van der Waals surface area contributed by atoms with Crippen molar-refractivity contribution in [1.29, 1.82) is 0 Å². The van der Waals surface area contributed by atoms with Gasteiger partial charge in [0.25, 0.3) is 0 Å². The van der Waals surface area contributed by atoms with Gasteiger partial charge in [0.1, 0.15) is 11.5 Å². The van der Waals surface area contributed by atoms with Gasteiger partial charge in [-0.25, -0.2) is 0 Å². The van der Waals surface area contributed by atoms with Crippen LogP contribution < -0.4 is 5.32 Å². The predicted molar refractivity (Wildman–Crippen MR) is 61.2 cm³/mol. The van der Waals surface area contributed by atoms with Crippen LogP contribution in [-0.4, -0.2) is 19.1 Å². The van der Waals surface area contributed by atoms with Crippen molar-refractivity contribution in [1.82, 2.24) is 5.32 Å². The van der Waals surface area contributed by atoms with Crippen molar-refractivity contribution in [2.24, 2.45) is 0 Å². The van der Waals surface area contributed by atoms with Gasteiger partial charge in [0.2, 0.25) is 0 Å². The van der Waals surface area contributed by atoms with E-state index in [1.165, 1.54) is 0 Å². The van der Waals surface area contributed by atoms with Crippen molar-refractivity contribution in [3.05, 3.63) is 23.2 Å². The number of aryl methyl sites for hydroxylation is 2. The van der Waals surface area contributed by atoms with Gasteiger partial charge in [-0.2, -0.15) is 0 Å². The number of carbonyl (C=O) groups is 1. The van der Waals surface area contributed by atoms with E-state index in [0.717, 1.165) is 17.1 Å². The van der Waals surface area contributed by atoms with Crippen molar-refractivity contribution in [3.8, 4) is 0 Å². The molecule has 1 atom stereocenters. The highest BCUT2D eigenvalue weighted by molar-refractivity contribution is 5.71. The first-order chi connectivity index (χ1) is 7.54. The summed E-state index contributed by atoms with van der Waals surface area (Å²) in [6.07, 6.45) is 0. The van der Waals surface area contributed by atoms with E-state index >= 15 is 0 Å². The third-order valence-electron chi connectivity index (χ3n) is 2.40. The lowest BCUT2D eigenvalue weighted by Gasteiger charge is -2.12. The number of hydrogen-bond donors (Lipinski definition) is 1. The number of hydrogen-bond acceptors (Lipinski definition) is 4. The van der Waals surface area contributed by atoms with Crippen LogP contribution in [0, 0.1) is 13.8 Å². The molecule has 0 radical (unpaired) electrons. The zero-order valence-electron chi connectivity index (χ0n) is 10.3. The summed E-state index contributed by atoms with van der Waals surface area (Å²) in [6.45, 7) is 8.26. The molecule has 0 bridgehead atoms. The van der Waals surface area contributed by atoms with Crippen LogP contribution in [0.2, 0.25) is 0 Å². The molecule has 0 aromatic carbocycles. The lowest BCUT2D eigenvalue weighted by molar-refractivity contribution is -0.142. The van der Waals surface area contributed by atoms with Crippen LogP contribution in [0.25, 0.3) is 0 Å². The number of furan rings is 1. The maximum Gasteiger partial charge on any atom is 0.319 e. The smallest absolute Gasteiger partial charge is 0.319 e. The molecule has 4 nitrogen and oxygen atoms in total.